The van der Waals surface area contributed by atoms with Gasteiger partial charge in [0.15, 0.2) is 0 Å². The molecule has 1 aromatic rings. The summed E-state index contributed by atoms with van der Waals surface area (Å²) in [4.78, 5) is 12.1. The van der Waals surface area contributed by atoms with Crippen LogP contribution in [0, 0.1) is 13.8 Å². The molecule has 17 heavy (non-hydrogen) atoms. The molecule has 1 saturated heterocycles. The molecule has 1 aliphatic rings. The fourth-order valence-electron chi connectivity index (χ4n) is 2.22. The van der Waals surface area contributed by atoms with Crippen molar-refractivity contribution in [1.29, 1.82) is 0 Å². The minimum Gasteiger partial charge on any atom is -0.325 e. The second-order valence-corrected chi connectivity index (χ2v) is 6.03. The molecule has 0 radical (unpaired) electrons. The van der Waals surface area contributed by atoms with E-state index in [4.69, 9.17) is 0 Å². The molecule has 2 nitrogen and oxygen atoms in total. The van der Waals surface area contributed by atoms with Gasteiger partial charge in [0.2, 0.25) is 5.91 Å². The lowest BCUT2D eigenvalue weighted by atomic mass is 10.1. The number of aryl methyl sites for hydroxylation is 2. The molecule has 0 aromatic heterocycles. The molecule has 1 N–H and O–H groups in total. The molecule has 1 unspecified atom stereocenters. The lowest BCUT2D eigenvalue weighted by Gasteiger charge is -2.20. The van der Waals surface area contributed by atoms with Crippen molar-refractivity contribution in [2.24, 2.45) is 0 Å². The van der Waals surface area contributed by atoms with Gasteiger partial charge in [0.25, 0.3) is 0 Å². The van der Waals surface area contributed by atoms with Crippen molar-refractivity contribution in [2.45, 2.75) is 38.4 Å². The summed E-state index contributed by atoms with van der Waals surface area (Å²) >= 11 is 1.79. The molecule has 1 aromatic carbocycles. The Morgan fingerprint density at radius 1 is 1.24 bits per heavy atom. The zero-order chi connectivity index (χ0) is 12.3. The fourth-order valence-corrected chi connectivity index (χ4v) is 3.42. The van der Waals surface area contributed by atoms with Crippen molar-refractivity contribution in [3.8, 4) is 0 Å². The zero-order valence-corrected chi connectivity index (χ0v) is 11.3. The normalized spacial score (nSPS) is 20.0. The number of hydrogen-bond acceptors (Lipinski definition) is 2. The van der Waals surface area contributed by atoms with E-state index < -0.39 is 0 Å². The molecule has 92 valence electrons. The molecule has 1 aliphatic heterocycles. The number of rotatable bonds is 2. The third-order valence-electron chi connectivity index (χ3n) is 2.96. The lowest BCUT2D eigenvalue weighted by molar-refractivity contribution is -0.115. The summed E-state index contributed by atoms with van der Waals surface area (Å²) in [6.07, 6.45) is 3.44. The minimum absolute atomic E-state index is 0.143. The van der Waals surface area contributed by atoms with Crippen LogP contribution in [0.1, 0.15) is 30.4 Å². The first-order valence-electron chi connectivity index (χ1n) is 6.16. The zero-order valence-electron chi connectivity index (χ0n) is 10.5. The molecule has 1 amide bonds. The molecular weight excluding hydrogens is 230 g/mol. The first kappa shape index (κ1) is 12.5. The second-order valence-electron chi connectivity index (χ2n) is 4.72. The molecule has 3 heteroatoms. The van der Waals surface area contributed by atoms with E-state index in [2.05, 4.69) is 25.2 Å². The van der Waals surface area contributed by atoms with E-state index in [1.165, 1.54) is 24.0 Å². The summed E-state index contributed by atoms with van der Waals surface area (Å²) in [5, 5.41) is 3.18. The summed E-state index contributed by atoms with van der Waals surface area (Å²) in [5.74, 6) is 1.28. The summed E-state index contributed by atoms with van der Waals surface area (Å²) in [6, 6.07) is 6.17. The molecule has 0 aliphatic carbocycles. The van der Waals surface area contributed by atoms with Gasteiger partial charge in [0.05, 0.1) is 5.25 Å². The minimum atomic E-state index is 0.143. The number of amides is 1. The van der Waals surface area contributed by atoms with Crippen LogP contribution in [0.15, 0.2) is 18.2 Å². The topological polar surface area (TPSA) is 29.1 Å². The van der Waals surface area contributed by atoms with Gasteiger partial charge in [-0.15, -0.1) is 11.8 Å². The van der Waals surface area contributed by atoms with Crippen molar-refractivity contribution in [2.75, 3.05) is 11.1 Å². The van der Waals surface area contributed by atoms with Crippen molar-refractivity contribution in [3.63, 3.8) is 0 Å². The van der Waals surface area contributed by atoms with Crippen LogP contribution >= 0.6 is 11.8 Å². The molecule has 0 bridgehead atoms. The Kier molecular flexibility index (Phi) is 4.11. The first-order valence-corrected chi connectivity index (χ1v) is 7.21. The third-order valence-corrected chi connectivity index (χ3v) is 4.34. The van der Waals surface area contributed by atoms with Crippen LogP contribution in [0.25, 0.3) is 0 Å². The predicted molar refractivity (Wildman–Crippen MR) is 74.6 cm³/mol. The van der Waals surface area contributed by atoms with Gasteiger partial charge in [-0.3, -0.25) is 4.79 Å². The average molecular weight is 249 g/mol. The van der Waals surface area contributed by atoms with E-state index in [9.17, 15) is 4.79 Å². The number of carbonyl (C=O) groups is 1. The van der Waals surface area contributed by atoms with Crippen LogP contribution in [0.5, 0.6) is 0 Å². The summed E-state index contributed by atoms with van der Waals surface area (Å²) < 4.78 is 0. The van der Waals surface area contributed by atoms with Crippen molar-refractivity contribution >= 4 is 23.4 Å². The average Bonchev–Trinajstić information content (AvgIpc) is 2.28. The number of carbonyl (C=O) groups excluding carboxylic acids is 1. The Labute approximate surface area is 107 Å². The second kappa shape index (κ2) is 5.58. The van der Waals surface area contributed by atoms with E-state index in [1.54, 1.807) is 11.8 Å². The highest BCUT2D eigenvalue weighted by molar-refractivity contribution is 8.00. The Bertz CT molecular complexity index is 390. The number of thioether (sulfide) groups is 1. The first-order chi connectivity index (χ1) is 8.15. The van der Waals surface area contributed by atoms with E-state index in [-0.39, 0.29) is 11.2 Å². The Morgan fingerprint density at radius 2 is 1.94 bits per heavy atom. The van der Waals surface area contributed by atoms with Crippen LogP contribution < -0.4 is 5.32 Å². The molecular formula is C14H19NOS. The molecule has 2 rings (SSSR count). The van der Waals surface area contributed by atoms with Crippen LogP contribution in [0.4, 0.5) is 5.69 Å². The number of hydrogen-bond donors (Lipinski definition) is 1. The summed E-state index contributed by atoms with van der Waals surface area (Å²) in [7, 11) is 0. The van der Waals surface area contributed by atoms with Gasteiger partial charge >= 0.3 is 0 Å². The van der Waals surface area contributed by atoms with Crippen LogP contribution in [0.2, 0.25) is 0 Å². The molecule has 1 atom stereocenters. The van der Waals surface area contributed by atoms with Gasteiger partial charge in [-0.25, -0.2) is 0 Å². The van der Waals surface area contributed by atoms with Crippen molar-refractivity contribution in [1.82, 2.24) is 0 Å². The van der Waals surface area contributed by atoms with E-state index in [0.29, 0.717) is 0 Å². The Hall–Kier alpha value is -0.960. The maximum atomic E-state index is 12.1. The molecule has 1 fully saturated rings. The highest BCUT2D eigenvalue weighted by Crippen LogP contribution is 2.26. The van der Waals surface area contributed by atoms with Crippen molar-refractivity contribution in [3.05, 3.63) is 29.3 Å². The summed E-state index contributed by atoms with van der Waals surface area (Å²) in [5.41, 5.74) is 3.31. The SMILES string of the molecule is Cc1cc(C)cc(NC(=O)C2CCCCS2)c1. The maximum absolute atomic E-state index is 12.1. The van der Waals surface area contributed by atoms with Gasteiger partial charge in [-0.05, 0) is 55.7 Å². The van der Waals surface area contributed by atoms with Gasteiger partial charge in [-0.1, -0.05) is 12.5 Å². The monoisotopic (exact) mass is 249 g/mol. The van der Waals surface area contributed by atoms with E-state index in [1.807, 2.05) is 12.1 Å². The van der Waals surface area contributed by atoms with Gasteiger partial charge in [-0.2, -0.15) is 0 Å². The summed E-state index contributed by atoms with van der Waals surface area (Å²) in [6.45, 7) is 4.11. The largest absolute Gasteiger partial charge is 0.325 e. The highest BCUT2D eigenvalue weighted by atomic mass is 32.2. The lowest BCUT2D eigenvalue weighted by Crippen LogP contribution is -2.27. The van der Waals surface area contributed by atoms with Gasteiger partial charge in [0, 0.05) is 5.69 Å². The quantitative estimate of drug-likeness (QED) is 0.868. The van der Waals surface area contributed by atoms with Crippen LogP contribution in [0.3, 0.4) is 0 Å². The number of benzene rings is 1. The van der Waals surface area contributed by atoms with Gasteiger partial charge in [0.1, 0.15) is 0 Å². The van der Waals surface area contributed by atoms with Gasteiger partial charge < -0.3 is 5.32 Å². The smallest absolute Gasteiger partial charge is 0.237 e. The predicted octanol–water partition coefficient (Wildman–Crippen LogP) is 3.53. The third kappa shape index (κ3) is 3.50. The molecule has 1 heterocycles. The number of anilines is 1. The molecule has 0 saturated carbocycles. The van der Waals surface area contributed by atoms with E-state index >= 15 is 0 Å². The standard InChI is InChI=1S/C14H19NOS/c1-10-7-11(2)9-12(8-10)15-14(16)13-5-3-4-6-17-13/h7-9,13H,3-6H2,1-2H3,(H,15,16). The fraction of sp³-hybridized carbons (Fsp3) is 0.500. The van der Waals surface area contributed by atoms with Crippen LogP contribution in [-0.2, 0) is 4.79 Å². The Balaban J connectivity index is 2.01. The number of nitrogens with one attached hydrogen (secondary N) is 1. The van der Waals surface area contributed by atoms with Crippen LogP contribution in [-0.4, -0.2) is 16.9 Å². The maximum Gasteiger partial charge on any atom is 0.237 e. The van der Waals surface area contributed by atoms with Crippen molar-refractivity contribution < 1.29 is 4.79 Å². The Morgan fingerprint density at radius 3 is 2.53 bits per heavy atom. The highest BCUT2D eigenvalue weighted by Gasteiger charge is 2.21. The molecule has 0 spiro atoms. The van der Waals surface area contributed by atoms with E-state index in [0.717, 1.165) is 17.9 Å².